The number of carboxylic acids is 1. The van der Waals surface area contributed by atoms with Crippen molar-refractivity contribution < 1.29 is 32.6 Å². The van der Waals surface area contributed by atoms with Gasteiger partial charge in [-0.25, -0.2) is 4.79 Å². The lowest BCUT2D eigenvalue weighted by Crippen LogP contribution is -2.43. The summed E-state index contributed by atoms with van der Waals surface area (Å²) in [5.41, 5.74) is -0.435. The first kappa shape index (κ1) is 20.0. The molecule has 0 bridgehead atoms. The second-order valence-electron chi connectivity index (χ2n) is 5.32. The van der Waals surface area contributed by atoms with Crippen molar-refractivity contribution in [1.82, 2.24) is 5.32 Å². The van der Waals surface area contributed by atoms with Gasteiger partial charge in [-0.2, -0.15) is 13.2 Å². The second-order valence-corrected chi connectivity index (χ2v) is 6.30. The Labute approximate surface area is 125 Å². The molecule has 0 saturated carbocycles. The molecule has 124 valence electrons. The summed E-state index contributed by atoms with van der Waals surface area (Å²) >= 11 is 0.389. The van der Waals surface area contributed by atoms with Crippen molar-refractivity contribution in [2.24, 2.45) is 0 Å². The van der Waals surface area contributed by atoms with E-state index in [-0.39, 0.29) is 13.0 Å². The molecule has 9 heteroatoms. The Morgan fingerprint density at radius 3 is 2.29 bits per heavy atom. The fourth-order valence-electron chi connectivity index (χ4n) is 1.24. The van der Waals surface area contributed by atoms with Crippen molar-refractivity contribution in [3.05, 3.63) is 0 Å². The molecule has 0 aromatic carbocycles. The van der Waals surface area contributed by atoms with Gasteiger partial charge >= 0.3 is 12.1 Å². The van der Waals surface area contributed by atoms with Crippen LogP contribution in [0.5, 0.6) is 0 Å². The van der Waals surface area contributed by atoms with Gasteiger partial charge in [0.25, 0.3) is 0 Å². The van der Waals surface area contributed by atoms with E-state index in [1.165, 1.54) is 0 Å². The molecule has 21 heavy (non-hydrogen) atoms. The van der Waals surface area contributed by atoms with Crippen LogP contribution in [0.25, 0.3) is 0 Å². The molecule has 0 aliphatic rings. The topological polar surface area (TPSA) is 75.6 Å². The fraction of sp³-hybridized carbons (Fsp3) is 0.833. The highest BCUT2D eigenvalue weighted by Crippen LogP contribution is 2.20. The normalized spacial score (nSPS) is 13.8. The molecule has 0 spiro atoms. The van der Waals surface area contributed by atoms with Crippen LogP contribution in [0.1, 0.15) is 27.2 Å². The van der Waals surface area contributed by atoms with Crippen molar-refractivity contribution in [3.63, 3.8) is 0 Å². The largest absolute Gasteiger partial charge is 0.480 e. The first-order valence-electron chi connectivity index (χ1n) is 6.21. The summed E-state index contributed by atoms with van der Waals surface area (Å²) in [6.07, 6.45) is -4.31. The molecule has 0 aliphatic heterocycles. The third-order valence-corrected chi connectivity index (χ3v) is 3.07. The lowest BCUT2D eigenvalue weighted by molar-refractivity contribution is -0.142. The number of alkyl halides is 3. The van der Waals surface area contributed by atoms with Gasteiger partial charge < -0.3 is 15.2 Å². The summed E-state index contributed by atoms with van der Waals surface area (Å²) in [6.45, 7) is 5.52. The van der Waals surface area contributed by atoms with Crippen molar-refractivity contribution in [2.45, 2.75) is 45.0 Å². The monoisotopic (exact) mass is 331 g/mol. The molecule has 2 N–H and O–H groups in total. The molecule has 0 rings (SSSR count). The van der Waals surface area contributed by atoms with Gasteiger partial charge in [0.2, 0.25) is 5.91 Å². The van der Waals surface area contributed by atoms with Crippen LogP contribution in [0.4, 0.5) is 13.2 Å². The standard InChI is InChI=1S/C12H20F3NO4S/c1-11(2,3)20-5-4-8(10(18)19)16-9(17)6-21-7-12(13,14)15/h8H,4-7H2,1-3H3,(H,16,17)(H,18,19). The molecule has 0 fully saturated rings. The van der Waals surface area contributed by atoms with E-state index in [2.05, 4.69) is 5.32 Å². The van der Waals surface area contributed by atoms with Crippen LogP contribution in [0, 0.1) is 0 Å². The maximum Gasteiger partial charge on any atom is 0.397 e. The van der Waals surface area contributed by atoms with Crippen LogP contribution in [0.3, 0.4) is 0 Å². The number of carbonyl (C=O) groups excluding carboxylic acids is 1. The first-order chi connectivity index (χ1) is 9.41. The minimum absolute atomic E-state index is 0.0439. The first-order valence-corrected chi connectivity index (χ1v) is 7.37. The Bertz CT molecular complexity index is 355. The van der Waals surface area contributed by atoms with E-state index in [1.54, 1.807) is 20.8 Å². The summed E-state index contributed by atoms with van der Waals surface area (Å²) in [7, 11) is 0. The maximum atomic E-state index is 11.9. The molecule has 1 atom stereocenters. The molecule has 0 heterocycles. The van der Waals surface area contributed by atoms with Crippen molar-refractivity contribution in [1.29, 1.82) is 0 Å². The van der Waals surface area contributed by atoms with Gasteiger partial charge in [-0.15, -0.1) is 11.8 Å². The van der Waals surface area contributed by atoms with Gasteiger partial charge in [0.15, 0.2) is 0 Å². The maximum absolute atomic E-state index is 11.9. The van der Waals surface area contributed by atoms with Gasteiger partial charge in [-0.05, 0) is 20.8 Å². The number of hydrogen-bond acceptors (Lipinski definition) is 4. The highest BCUT2D eigenvalue weighted by atomic mass is 32.2. The third-order valence-electron chi connectivity index (χ3n) is 2.07. The number of ether oxygens (including phenoxy) is 1. The minimum atomic E-state index is -4.35. The van der Waals surface area contributed by atoms with Crippen molar-refractivity contribution in [3.8, 4) is 0 Å². The fourth-order valence-corrected chi connectivity index (χ4v) is 1.84. The predicted molar refractivity (Wildman–Crippen MR) is 73.3 cm³/mol. The Kier molecular flexibility index (Phi) is 8.09. The molecule has 0 saturated heterocycles. The van der Waals surface area contributed by atoms with Gasteiger partial charge in [-0.3, -0.25) is 4.79 Å². The summed E-state index contributed by atoms with van der Waals surface area (Å²) < 4.78 is 41.1. The highest BCUT2D eigenvalue weighted by molar-refractivity contribution is 8.00. The average molecular weight is 331 g/mol. The Balaban J connectivity index is 4.13. The summed E-state index contributed by atoms with van der Waals surface area (Å²) in [4.78, 5) is 22.4. The third kappa shape index (κ3) is 12.5. The molecular weight excluding hydrogens is 311 g/mol. The molecule has 5 nitrogen and oxygen atoms in total. The van der Waals surface area contributed by atoms with Crippen LogP contribution in [0.2, 0.25) is 0 Å². The number of halogens is 3. The van der Waals surface area contributed by atoms with Crippen LogP contribution in [0.15, 0.2) is 0 Å². The lowest BCUT2D eigenvalue weighted by atomic mass is 10.2. The highest BCUT2D eigenvalue weighted by Gasteiger charge is 2.28. The van der Waals surface area contributed by atoms with Gasteiger partial charge in [0.05, 0.1) is 17.1 Å². The van der Waals surface area contributed by atoms with Crippen LogP contribution in [-0.2, 0) is 14.3 Å². The molecule has 0 aromatic rings. The average Bonchev–Trinajstić information content (AvgIpc) is 2.23. The van der Waals surface area contributed by atoms with Crippen LogP contribution < -0.4 is 5.32 Å². The lowest BCUT2D eigenvalue weighted by Gasteiger charge is -2.21. The quantitative estimate of drug-likeness (QED) is 0.712. The summed E-state index contributed by atoms with van der Waals surface area (Å²) in [6, 6.07) is -1.17. The van der Waals surface area contributed by atoms with Gasteiger partial charge in [0, 0.05) is 13.0 Å². The van der Waals surface area contributed by atoms with E-state index in [1.807, 2.05) is 0 Å². The molecule has 0 aromatic heterocycles. The Hall–Kier alpha value is -0.960. The number of carbonyl (C=O) groups is 2. The number of nitrogens with one attached hydrogen (secondary N) is 1. The summed E-state index contributed by atoms with van der Waals surface area (Å²) in [5, 5.41) is 11.1. The van der Waals surface area contributed by atoms with Gasteiger partial charge in [0.1, 0.15) is 6.04 Å². The number of amides is 1. The summed E-state index contributed by atoms with van der Waals surface area (Å²) in [5.74, 6) is -3.58. The second kappa shape index (κ2) is 8.47. The minimum Gasteiger partial charge on any atom is -0.480 e. The Morgan fingerprint density at radius 1 is 1.29 bits per heavy atom. The van der Waals surface area contributed by atoms with E-state index in [9.17, 15) is 22.8 Å². The van der Waals surface area contributed by atoms with E-state index >= 15 is 0 Å². The predicted octanol–water partition coefficient (Wildman–Crippen LogP) is 2.06. The number of thioether (sulfide) groups is 1. The van der Waals surface area contributed by atoms with E-state index in [0.29, 0.717) is 11.8 Å². The number of aliphatic carboxylic acids is 1. The zero-order valence-electron chi connectivity index (χ0n) is 12.1. The van der Waals surface area contributed by atoms with Crippen molar-refractivity contribution in [2.75, 3.05) is 18.1 Å². The van der Waals surface area contributed by atoms with Crippen molar-refractivity contribution >= 4 is 23.6 Å². The smallest absolute Gasteiger partial charge is 0.397 e. The molecule has 1 unspecified atom stereocenters. The molecular formula is C12H20F3NO4S. The number of rotatable bonds is 8. The van der Waals surface area contributed by atoms with E-state index < -0.39 is 41.2 Å². The number of hydrogen-bond donors (Lipinski definition) is 2. The van der Waals surface area contributed by atoms with E-state index in [0.717, 1.165) is 0 Å². The van der Waals surface area contributed by atoms with Crippen LogP contribution in [-0.4, -0.2) is 52.9 Å². The van der Waals surface area contributed by atoms with Gasteiger partial charge in [-0.1, -0.05) is 0 Å². The Morgan fingerprint density at radius 2 is 1.86 bits per heavy atom. The van der Waals surface area contributed by atoms with Crippen LogP contribution >= 0.6 is 11.8 Å². The zero-order valence-corrected chi connectivity index (χ0v) is 12.9. The molecule has 1 amide bonds. The molecule has 0 aliphatic carbocycles. The zero-order chi connectivity index (χ0) is 16.7. The number of carboxylic acid groups (broad SMARTS) is 1. The molecule has 0 radical (unpaired) electrons. The van der Waals surface area contributed by atoms with E-state index in [4.69, 9.17) is 9.84 Å². The SMILES string of the molecule is CC(C)(C)OCCC(NC(=O)CSCC(F)(F)F)C(=O)O.